The molecule has 37 heavy (non-hydrogen) atoms. The van der Waals surface area contributed by atoms with E-state index in [4.69, 9.17) is 4.74 Å². The lowest BCUT2D eigenvalue weighted by Gasteiger charge is -2.32. The molecule has 0 saturated heterocycles. The fourth-order valence-electron chi connectivity index (χ4n) is 4.01. The third-order valence-corrected chi connectivity index (χ3v) is 7.66. The highest BCUT2D eigenvalue weighted by Gasteiger charge is 2.31. The second-order valence-electron chi connectivity index (χ2n) is 8.27. The van der Waals surface area contributed by atoms with Gasteiger partial charge in [-0.3, -0.25) is 14.2 Å². The second kappa shape index (κ2) is 10.7. The van der Waals surface area contributed by atoms with Crippen LogP contribution < -0.4 is 10.3 Å². The molecule has 0 fully saturated rings. The van der Waals surface area contributed by atoms with E-state index in [2.05, 4.69) is 20.4 Å². The van der Waals surface area contributed by atoms with Crippen LogP contribution in [-0.4, -0.2) is 65.0 Å². The zero-order chi connectivity index (χ0) is 26.7. The number of hydrazone groups is 1. The number of sulfonamides is 1. The van der Waals surface area contributed by atoms with Gasteiger partial charge in [0.2, 0.25) is 15.8 Å². The summed E-state index contributed by atoms with van der Waals surface area (Å²) in [6.45, 7) is 3.76. The first-order valence-corrected chi connectivity index (χ1v) is 13.3. The highest BCUT2D eigenvalue weighted by atomic mass is 32.2. The van der Waals surface area contributed by atoms with Crippen molar-refractivity contribution in [3.05, 3.63) is 59.2 Å². The number of nitrogens with zero attached hydrogens (tertiary/aromatic N) is 6. The first-order valence-electron chi connectivity index (χ1n) is 11.7. The second-order valence-corrected chi connectivity index (χ2v) is 10.3. The molecular formula is C23H27F2N7O4S. The van der Waals surface area contributed by atoms with Crippen LogP contribution in [0.3, 0.4) is 0 Å². The van der Waals surface area contributed by atoms with E-state index in [9.17, 15) is 17.6 Å². The predicted octanol–water partition coefficient (Wildman–Crippen LogP) is 2.28. The molecule has 4 rings (SSSR count). The van der Waals surface area contributed by atoms with Crippen LogP contribution in [0.2, 0.25) is 0 Å². The Morgan fingerprint density at radius 1 is 1.22 bits per heavy atom. The maximum absolute atomic E-state index is 15.0. The molecule has 1 aromatic carbocycles. The Balaban J connectivity index is 1.50. The summed E-state index contributed by atoms with van der Waals surface area (Å²) in [5.41, 5.74) is 1.24. The Morgan fingerprint density at radius 3 is 2.68 bits per heavy atom. The molecular weight excluding hydrogens is 508 g/mol. The Bertz CT molecular complexity index is 1460. The molecule has 2 aromatic heterocycles. The number of amidine groups is 1. The topological polar surface area (TPSA) is 122 Å². The quantitative estimate of drug-likeness (QED) is 0.470. The minimum atomic E-state index is -3.59. The number of benzene rings is 1. The molecule has 198 valence electrons. The van der Waals surface area contributed by atoms with E-state index < -0.39 is 27.6 Å². The van der Waals surface area contributed by atoms with E-state index in [0.29, 0.717) is 24.1 Å². The number of fused-ring (bicyclic) bond motifs is 1. The summed E-state index contributed by atoms with van der Waals surface area (Å²) >= 11 is 0. The first-order chi connectivity index (χ1) is 17.7. The van der Waals surface area contributed by atoms with E-state index in [1.807, 2.05) is 6.92 Å². The third-order valence-electron chi connectivity index (χ3n) is 5.73. The summed E-state index contributed by atoms with van der Waals surface area (Å²) < 4.78 is 61.2. The van der Waals surface area contributed by atoms with Crippen molar-refractivity contribution in [1.82, 2.24) is 24.0 Å². The highest BCUT2D eigenvalue weighted by Crippen LogP contribution is 2.24. The van der Waals surface area contributed by atoms with Gasteiger partial charge < -0.3 is 10.1 Å². The van der Waals surface area contributed by atoms with E-state index >= 15 is 4.39 Å². The predicted molar refractivity (Wildman–Crippen MR) is 132 cm³/mol. The summed E-state index contributed by atoms with van der Waals surface area (Å²) in [7, 11) is -2.28. The van der Waals surface area contributed by atoms with Crippen molar-refractivity contribution >= 4 is 33.4 Å². The van der Waals surface area contributed by atoms with Crippen LogP contribution >= 0.6 is 0 Å². The lowest BCUT2D eigenvalue weighted by Crippen LogP contribution is -2.48. The maximum atomic E-state index is 15.0. The summed E-state index contributed by atoms with van der Waals surface area (Å²) in [5.74, 6) is -1.56. The fourth-order valence-corrected chi connectivity index (χ4v) is 5.45. The normalized spacial score (nSPS) is 14.1. The number of hydrogen-bond acceptors (Lipinski definition) is 8. The molecule has 0 bridgehead atoms. The standard InChI is InChI=1S/C23H27F2N7O4S/c1-4-10-37(34,35)32-9-8-31(29-23(32)36-3)19-7-6-15(11-17(19)25)12-26-21(33)20-18(5-2)28-22-27-13-16(24)14-30(20)22/h6-7,11,13-14H,4-5,8-10,12H2,1-3H3,(H,26,33). The van der Waals surface area contributed by atoms with Crippen molar-refractivity contribution in [1.29, 1.82) is 0 Å². The molecule has 3 aromatic rings. The van der Waals surface area contributed by atoms with Crippen molar-refractivity contribution in [3.8, 4) is 0 Å². The van der Waals surface area contributed by atoms with E-state index in [-0.39, 0.29) is 48.6 Å². The number of carbonyl (C=O) groups is 1. The average Bonchev–Trinajstić information content (AvgIpc) is 3.24. The number of hydrogen-bond donors (Lipinski definition) is 1. The number of aryl methyl sites for hydroxylation is 1. The highest BCUT2D eigenvalue weighted by molar-refractivity contribution is 7.89. The minimum Gasteiger partial charge on any atom is -0.467 e. The summed E-state index contributed by atoms with van der Waals surface area (Å²) in [4.78, 5) is 21.1. The number of nitrogens with one attached hydrogen (secondary N) is 1. The molecule has 3 heterocycles. The SMILES string of the molecule is CCCS(=O)(=O)N1CCN(c2ccc(CNC(=O)c3c(CC)nc4ncc(F)cn34)cc2F)N=C1OC. The van der Waals surface area contributed by atoms with Crippen molar-refractivity contribution < 1.29 is 26.7 Å². The van der Waals surface area contributed by atoms with Gasteiger partial charge in [-0.05, 0) is 30.5 Å². The number of methoxy groups -OCH3 is 1. The number of amides is 1. The van der Waals surface area contributed by atoms with Gasteiger partial charge >= 0.3 is 6.02 Å². The number of ether oxygens (including phenoxy) is 1. The zero-order valence-electron chi connectivity index (χ0n) is 20.6. The third kappa shape index (κ3) is 5.33. The lowest BCUT2D eigenvalue weighted by atomic mass is 10.1. The number of carbonyl (C=O) groups excluding carboxylic acids is 1. The number of halogens is 2. The van der Waals surface area contributed by atoms with Gasteiger partial charge in [-0.25, -0.2) is 31.5 Å². The Labute approximate surface area is 212 Å². The summed E-state index contributed by atoms with van der Waals surface area (Å²) in [5, 5.41) is 8.22. The molecule has 0 spiro atoms. The number of rotatable bonds is 8. The zero-order valence-corrected chi connectivity index (χ0v) is 21.4. The monoisotopic (exact) mass is 535 g/mol. The number of aromatic nitrogens is 3. The summed E-state index contributed by atoms with van der Waals surface area (Å²) in [6.07, 6.45) is 3.04. The van der Waals surface area contributed by atoms with Crippen molar-refractivity contribution in [2.45, 2.75) is 33.2 Å². The molecule has 1 N–H and O–H groups in total. The molecule has 14 heteroatoms. The summed E-state index contributed by atoms with van der Waals surface area (Å²) in [6, 6.07) is 4.24. The largest absolute Gasteiger partial charge is 0.467 e. The molecule has 0 saturated carbocycles. The van der Waals surface area contributed by atoms with Crippen LogP contribution in [0.1, 0.15) is 42.0 Å². The number of anilines is 1. The molecule has 0 atom stereocenters. The molecule has 11 nitrogen and oxygen atoms in total. The molecule has 1 aliphatic rings. The van der Waals surface area contributed by atoms with Gasteiger partial charge in [0, 0.05) is 6.54 Å². The minimum absolute atomic E-state index is 0.00476. The van der Waals surface area contributed by atoms with Crippen LogP contribution in [0, 0.1) is 11.6 Å². The van der Waals surface area contributed by atoms with Gasteiger partial charge in [0.1, 0.15) is 11.5 Å². The van der Waals surface area contributed by atoms with E-state index in [0.717, 1.165) is 16.7 Å². The number of imidazole rings is 1. The van der Waals surface area contributed by atoms with E-state index in [1.54, 1.807) is 13.0 Å². The Kier molecular flexibility index (Phi) is 7.57. The van der Waals surface area contributed by atoms with Gasteiger partial charge in [0.15, 0.2) is 5.82 Å². The van der Waals surface area contributed by atoms with Gasteiger partial charge in [-0.2, -0.15) is 0 Å². The Morgan fingerprint density at radius 2 is 2.00 bits per heavy atom. The van der Waals surface area contributed by atoms with Gasteiger partial charge in [0.05, 0.1) is 49.7 Å². The van der Waals surface area contributed by atoms with Gasteiger partial charge in [-0.1, -0.05) is 19.9 Å². The fraction of sp³-hybridized carbons (Fsp3) is 0.391. The molecule has 0 aliphatic carbocycles. The molecule has 0 radical (unpaired) electrons. The lowest BCUT2D eigenvalue weighted by molar-refractivity contribution is 0.0944. The van der Waals surface area contributed by atoms with Crippen LogP contribution in [-0.2, 0) is 27.7 Å². The van der Waals surface area contributed by atoms with Crippen LogP contribution in [0.5, 0.6) is 0 Å². The molecule has 1 aliphatic heterocycles. The van der Waals surface area contributed by atoms with Gasteiger partial charge in [-0.15, -0.1) is 5.10 Å². The van der Waals surface area contributed by atoms with Crippen LogP contribution in [0.15, 0.2) is 35.7 Å². The maximum Gasteiger partial charge on any atom is 0.323 e. The van der Waals surface area contributed by atoms with Crippen molar-refractivity contribution in [2.75, 3.05) is 31.0 Å². The van der Waals surface area contributed by atoms with Crippen molar-refractivity contribution in [2.24, 2.45) is 5.10 Å². The van der Waals surface area contributed by atoms with Crippen LogP contribution in [0.25, 0.3) is 5.78 Å². The molecule has 1 amide bonds. The van der Waals surface area contributed by atoms with Crippen molar-refractivity contribution in [3.63, 3.8) is 0 Å². The van der Waals surface area contributed by atoms with E-state index in [1.165, 1.54) is 28.7 Å². The molecule has 0 unspecified atom stereocenters. The van der Waals surface area contributed by atoms with Crippen LogP contribution in [0.4, 0.5) is 14.5 Å². The first kappa shape index (κ1) is 26.3. The average molecular weight is 536 g/mol. The smallest absolute Gasteiger partial charge is 0.323 e. The Hall–Kier alpha value is -3.81. The van der Waals surface area contributed by atoms with Gasteiger partial charge in [0.25, 0.3) is 5.91 Å².